The molecular formula is C26H19BrN2O3S. The first kappa shape index (κ1) is 20.4. The molecule has 4 aromatic rings. The fourth-order valence-electron chi connectivity index (χ4n) is 4.64. The fraction of sp³-hybridized carbons (Fsp3) is 0.154. The summed E-state index contributed by atoms with van der Waals surface area (Å²) in [5, 5.41) is 0. The molecule has 0 saturated carbocycles. The Morgan fingerprint density at radius 1 is 1.12 bits per heavy atom. The highest BCUT2D eigenvalue weighted by Gasteiger charge is 2.32. The summed E-state index contributed by atoms with van der Waals surface area (Å²) in [4.78, 5) is 19.4. The monoisotopic (exact) mass is 518 g/mol. The van der Waals surface area contributed by atoms with Gasteiger partial charge >= 0.3 is 0 Å². The summed E-state index contributed by atoms with van der Waals surface area (Å²) in [7, 11) is 1.66. The van der Waals surface area contributed by atoms with Gasteiger partial charge in [-0.1, -0.05) is 47.7 Å². The van der Waals surface area contributed by atoms with Crippen molar-refractivity contribution in [1.29, 1.82) is 0 Å². The van der Waals surface area contributed by atoms with E-state index in [0.717, 1.165) is 35.4 Å². The van der Waals surface area contributed by atoms with Crippen molar-refractivity contribution in [3.05, 3.63) is 113 Å². The smallest absolute Gasteiger partial charge is 0.271 e. The minimum atomic E-state index is -0.207. The van der Waals surface area contributed by atoms with Crippen molar-refractivity contribution in [2.45, 2.75) is 18.9 Å². The molecule has 2 aliphatic rings. The number of allylic oxidation sites excluding steroid dienone is 1. The molecule has 1 aliphatic heterocycles. The maximum atomic E-state index is 13.6. The molecule has 2 aromatic carbocycles. The van der Waals surface area contributed by atoms with Crippen LogP contribution < -0.4 is 19.6 Å². The standard InChI is InChI=1S/C26H19BrN2O3S/c1-31-17-9-6-16(7-10-17)24-20-12-8-15-4-2-3-5-19(15)23(20)28-26-29(24)25(30)21(33-26)14-18-11-13-22(27)32-18/h2-7,9-11,13-14,24H,8,12H2,1H3. The highest BCUT2D eigenvalue weighted by Crippen LogP contribution is 2.41. The van der Waals surface area contributed by atoms with Crippen LogP contribution in [-0.4, -0.2) is 11.7 Å². The second-order valence-electron chi connectivity index (χ2n) is 8.03. The van der Waals surface area contributed by atoms with E-state index in [9.17, 15) is 4.79 Å². The molecule has 0 spiro atoms. The van der Waals surface area contributed by atoms with E-state index in [2.05, 4.69) is 40.2 Å². The lowest BCUT2D eigenvalue weighted by atomic mass is 9.83. The molecule has 0 N–H and O–H groups in total. The first-order valence-corrected chi connectivity index (χ1v) is 12.3. The van der Waals surface area contributed by atoms with E-state index < -0.39 is 0 Å². The van der Waals surface area contributed by atoms with E-state index in [-0.39, 0.29) is 11.6 Å². The van der Waals surface area contributed by atoms with E-state index in [1.165, 1.54) is 22.5 Å². The van der Waals surface area contributed by atoms with Crippen LogP contribution in [0.5, 0.6) is 5.75 Å². The molecule has 7 heteroatoms. The predicted molar refractivity (Wildman–Crippen MR) is 132 cm³/mol. The summed E-state index contributed by atoms with van der Waals surface area (Å²) >= 11 is 4.72. The molecule has 0 radical (unpaired) electrons. The summed E-state index contributed by atoms with van der Waals surface area (Å²) in [5.74, 6) is 1.42. The van der Waals surface area contributed by atoms with Crippen molar-refractivity contribution < 1.29 is 9.15 Å². The second kappa shape index (κ2) is 8.01. The van der Waals surface area contributed by atoms with Crippen LogP contribution in [0.2, 0.25) is 0 Å². The predicted octanol–water partition coefficient (Wildman–Crippen LogP) is 4.68. The van der Waals surface area contributed by atoms with E-state index >= 15 is 0 Å². The highest BCUT2D eigenvalue weighted by molar-refractivity contribution is 9.10. The van der Waals surface area contributed by atoms with Crippen LogP contribution in [0.25, 0.3) is 11.8 Å². The van der Waals surface area contributed by atoms with Gasteiger partial charge in [0.25, 0.3) is 5.56 Å². The van der Waals surface area contributed by atoms with Crippen molar-refractivity contribution in [2.75, 3.05) is 7.11 Å². The van der Waals surface area contributed by atoms with Crippen LogP contribution in [0.4, 0.5) is 0 Å². The van der Waals surface area contributed by atoms with Gasteiger partial charge in [0.05, 0.1) is 23.4 Å². The van der Waals surface area contributed by atoms with E-state index in [1.54, 1.807) is 13.2 Å². The highest BCUT2D eigenvalue weighted by atomic mass is 79.9. The van der Waals surface area contributed by atoms with Crippen molar-refractivity contribution in [2.24, 2.45) is 4.99 Å². The molecule has 33 heavy (non-hydrogen) atoms. The van der Waals surface area contributed by atoms with Gasteiger partial charge in [-0.2, -0.15) is 0 Å². The molecule has 1 unspecified atom stereocenters. The Morgan fingerprint density at radius 3 is 2.70 bits per heavy atom. The number of benzene rings is 2. The summed E-state index contributed by atoms with van der Waals surface area (Å²) < 4.78 is 14.0. The Labute approximate surface area is 202 Å². The SMILES string of the molecule is COc1ccc(C2C3=C(N=c4sc(=Cc5ccc(Br)o5)c(=O)n42)c2ccccc2CC3)cc1. The third kappa shape index (κ3) is 3.43. The molecule has 3 heterocycles. The maximum absolute atomic E-state index is 13.6. The van der Waals surface area contributed by atoms with Gasteiger partial charge in [0.15, 0.2) is 9.47 Å². The quantitative estimate of drug-likeness (QED) is 0.395. The zero-order valence-electron chi connectivity index (χ0n) is 17.7. The summed E-state index contributed by atoms with van der Waals surface area (Å²) in [5.41, 5.74) is 5.62. The largest absolute Gasteiger partial charge is 0.497 e. The number of nitrogens with zero attached hydrogens (tertiary/aromatic N) is 2. The molecular weight excluding hydrogens is 500 g/mol. The number of aromatic nitrogens is 1. The van der Waals surface area contributed by atoms with Gasteiger partial charge in [-0.3, -0.25) is 9.36 Å². The molecule has 1 atom stereocenters. The van der Waals surface area contributed by atoms with E-state index in [4.69, 9.17) is 14.1 Å². The van der Waals surface area contributed by atoms with Crippen molar-refractivity contribution >= 4 is 39.0 Å². The Balaban J connectivity index is 1.62. The van der Waals surface area contributed by atoms with Crippen molar-refractivity contribution in [3.63, 3.8) is 0 Å². The van der Waals surface area contributed by atoms with E-state index in [1.807, 2.05) is 41.0 Å². The number of hydrogen-bond acceptors (Lipinski definition) is 5. The van der Waals surface area contributed by atoms with Crippen molar-refractivity contribution in [1.82, 2.24) is 4.57 Å². The van der Waals surface area contributed by atoms with Gasteiger partial charge in [0, 0.05) is 11.6 Å². The van der Waals surface area contributed by atoms with Crippen LogP contribution in [0.1, 0.15) is 34.9 Å². The average Bonchev–Trinajstić information content (AvgIpc) is 3.40. The van der Waals surface area contributed by atoms with Gasteiger partial charge in [-0.05, 0) is 69.7 Å². The number of thiazole rings is 1. The normalized spacial score (nSPS) is 17.3. The van der Waals surface area contributed by atoms with Gasteiger partial charge in [-0.15, -0.1) is 0 Å². The third-order valence-corrected chi connectivity index (χ3v) is 7.58. The number of hydrogen-bond donors (Lipinski definition) is 0. The van der Waals surface area contributed by atoms with Crippen LogP contribution >= 0.6 is 27.3 Å². The Bertz CT molecular complexity index is 1590. The molecule has 6 rings (SSSR count). The van der Waals surface area contributed by atoms with Gasteiger partial charge < -0.3 is 9.15 Å². The first-order chi connectivity index (χ1) is 16.1. The van der Waals surface area contributed by atoms with Crippen LogP contribution in [0.15, 0.2) is 85.1 Å². The Kier molecular flexibility index (Phi) is 4.96. The van der Waals surface area contributed by atoms with Gasteiger partial charge in [0.2, 0.25) is 0 Å². The van der Waals surface area contributed by atoms with E-state index in [0.29, 0.717) is 19.8 Å². The first-order valence-electron chi connectivity index (χ1n) is 10.6. The minimum Gasteiger partial charge on any atom is -0.497 e. The topological polar surface area (TPSA) is 56.7 Å². The maximum Gasteiger partial charge on any atom is 0.271 e. The lowest BCUT2D eigenvalue weighted by molar-refractivity contribution is 0.414. The third-order valence-electron chi connectivity index (χ3n) is 6.17. The molecule has 1 aliphatic carbocycles. The molecule has 0 bridgehead atoms. The van der Waals surface area contributed by atoms with Crippen molar-refractivity contribution in [3.8, 4) is 5.75 Å². The zero-order valence-corrected chi connectivity index (χ0v) is 20.2. The minimum absolute atomic E-state index is 0.0579. The Morgan fingerprint density at radius 2 is 1.94 bits per heavy atom. The fourth-order valence-corrected chi connectivity index (χ4v) is 5.94. The molecule has 5 nitrogen and oxygen atoms in total. The number of rotatable bonds is 3. The molecule has 0 saturated heterocycles. The molecule has 164 valence electrons. The summed E-state index contributed by atoms with van der Waals surface area (Å²) in [6.45, 7) is 0. The Hall–Kier alpha value is -3.16. The van der Waals surface area contributed by atoms with Gasteiger partial charge in [-0.25, -0.2) is 4.99 Å². The number of halogens is 1. The summed E-state index contributed by atoms with van der Waals surface area (Å²) in [6.07, 6.45) is 3.58. The van der Waals surface area contributed by atoms with Crippen LogP contribution in [0, 0.1) is 0 Å². The number of fused-ring (bicyclic) bond motifs is 3. The average molecular weight is 519 g/mol. The number of methoxy groups -OCH3 is 1. The summed E-state index contributed by atoms with van der Waals surface area (Å²) in [6, 6.07) is 19.9. The number of furan rings is 1. The number of aryl methyl sites for hydroxylation is 1. The van der Waals surface area contributed by atoms with Crippen LogP contribution in [-0.2, 0) is 6.42 Å². The number of ether oxygens (including phenoxy) is 1. The molecule has 0 fully saturated rings. The van der Waals surface area contributed by atoms with Crippen LogP contribution in [0.3, 0.4) is 0 Å². The second-order valence-corrected chi connectivity index (χ2v) is 9.82. The molecule has 2 aromatic heterocycles. The lowest BCUT2D eigenvalue weighted by Crippen LogP contribution is -2.38. The molecule has 0 amide bonds. The lowest BCUT2D eigenvalue weighted by Gasteiger charge is -2.30. The van der Waals surface area contributed by atoms with Gasteiger partial charge in [0.1, 0.15) is 11.5 Å². The zero-order chi connectivity index (χ0) is 22.5.